The van der Waals surface area contributed by atoms with E-state index in [1.807, 2.05) is 0 Å². The number of rotatable bonds is 6. The van der Waals surface area contributed by atoms with Gasteiger partial charge in [0.15, 0.2) is 0 Å². The number of fused-ring (bicyclic) bond motifs is 7. The Morgan fingerprint density at radius 1 is 0.286 bits per heavy atom. The molecule has 0 aliphatic rings. The number of hydrogen-bond donors (Lipinski definition) is 0. The fraction of sp³-hybridized carbons (Fsp3) is 0. The molecule has 0 saturated carbocycles. The molecule has 11 rings (SSSR count). The van der Waals surface area contributed by atoms with Crippen LogP contribution in [0, 0.1) is 0 Å². The van der Waals surface area contributed by atoms with Gasteiger partial charge in [-0.3, -0.25) is 0 Å². The third-order valence-corrected chi connectivity index (χ3v) is 11.2. The fourth-order valence-electron chi connectivity index (χ4n) is 8.69. The molecule has 0 fully saturated rings. The Morgan fingerprint density at radius 3 is 1.48 bits per heavy atom. The summed E-state index contributed by atoms with van der Waals surface area (Å²) in [6.07, 6.45) is 0. The monoisotopic (exact) mass is 713 g/mol. The topological polar surface area (TPSA) is 16.4 Å². The third kappa shape index (κ3) is 5.19. The molecule has 1 heterocycles. The summed E-state index contributed by atoms with van der Waals surface area (Å²) in [5.74, 6) is 0. The van der Waals surface area contributed by atoms with E-state index < -0.39 is 0 Å². The van der Waals surface area contributed by atoms with Gasteiger partial charge in [0.25, 0.3) is 0 Å². The lowest BCUT2D eigenvalue weighted by atomic mass is 9.88. The lowest BCUT2D eigenvalue weighted by Gasteiger charge is -2.26. The molecule has 0 atom stereocenters. The lowest BCUT2D eigenvalue weighted by Crippen LogP contribution is -2.09. The summed E-state index contributed by atoms with van der Waals surface area (Å²) in [4.78, 5) is 2.33. The molecule has 10 aromatic carbocycles. The van der Waals surface area contributed by atoms with Crippen molar-refractivity contribution in [3.05, 3.63) is 212 Å². The fourth-order valence-corrected chi connectivity index (χ4v) is 8.69. The van der Waals surface area contributed by atoms with Gasteiger partial charge in [-0.15, -0.1) is 0 Å². The number of furan rings is 1. The maximum atomic E-state index is 7.10. The highest BCUT2D eigenvalue weighted by molar-refractivity contribution is 6.29. The first-order valence-corrected chi connectivity index (χ1v) is 19.2. The van der Waals surface area contributed by atoms with Crippen LogP contribution < -0.4 is 4.90 Å². The smallest absolute Gasteiger partial charge is 0.144 e. The maximum Gasteiger partial charge on any atom is 0.144 e. The predicted molar refractivity (Wildman–Crippen MR) is 237 cm³/mol. The molecule has 0 saturated heterocycles. The first-order valence-electron chi connectivity index (χ1n) is 19.2. The lowest BCUT2D eigenvalue weighted by molar-refractivity contribution is 0.674. The zero-order chi connectivity index (χ0) is 37.0. The van der Waals surface area contributed by atoms with E-state index >= 15 is 0 Å². The zero-order valence-electron chi connectivity index (χ0n) is 30.6. The molecule has 11 aromatic rings. The number of benzene rings is 10. The van der Waals surface area contributed by atoms with Crippen LogP contribution in [-0.2, 0) is 0 Å². The number of anilines is 3. The van der Waals surface area contributed by atoms with Crippen molar-refractivity contribution in [2.45, 2.75) is 0 Å². The molecule has 0 N–H and O–H groups in total. The number of nitrogens with zero attached hydrogens (tertiary/aromatic N) is 1. The van der Waals surface area contributed by atoms with Crippen LogP contribution in [0.15, 0.2) is 217 Å². The summed E-state index contributed by atoms with van der Waals surface area (Å²) in [7, 11) is 0. The van der Waals surface area contributed by atoms with E-state index in [4.69, 9.17) is 4.42 Å². The Kier molecular flexibility index (Phi) is 7.53. The highest BCUT2D eigenvalue weighted by Crippen LogP contribution is 2.49. The van der Waals surface area contributed by atoms with Crippen molar-refractivity contribution in [3.8, 4) is 33.4 Å². The van der Waals surface area contributed by atoms with Crippen molar-refractivity contribution in [1.82, 2.24) is 0 Å². The summed E-state index contributed by atoms with van der Waals surface area (Å²) in [5.41, 5.74) is 12.1. The van der Waals surface area contributed by atoms with E-state index in [1.165, 1.54) is 49.2 Å². The van der Waals surface area contributed by atoms with Gasteiger partial charge in [0.2, 0.25) is 0 Å². The minimum absolute atomic E-state index is 0.908. The highest BCUT2D eigenvalue weighted by atomic mass is 16.3. The highest BCUT2D eigenvalue weighted by Gasteiger charge is 2.23. The van der Waals surface area contributed by atoms with Crippen molar-refractivity contribution in [2.24, 2.45) is 0 Å². The molecule has 0 spiro atoms. The quantitative estimate of drug-likeness (QED) is 0.171. The van der Waals surface area contributed by atoms with Crippen LogP contribution in [0.2, 0.25) is 0 Å². The molecule has 2 nitrogen and oxygen atoms in total. The molecule has 0 aliphatic heterocycles. The Balaban J connectivity index is 1.09. The van der Waals surface area contributed by atoms with Gasteiger partial charge in [-0.05, 0) is 91.6 Å². The SMILES string of the molecule is c1ccc(-c2c3ccccc3c(-c3ccc(N(c4ccccc4)c4ccc(-c5cccc6ccccc56)cc4)cc3)c3oc4c5ccccc5ccc4c23)cc1. The van der Waals surface area contributed by atoms with Crippen LogP contribution in [0.1, 0.15) is 0 Å². The average Bonchev–Trinajstić information content (AvgIpc) is 3.66. The minimum Gasteiger partial charge on any atom is -0.455 e. The first kappa shape index (κ1) is 32.0. The number of para-hydroxylation sites is 1. The van der Waals surface area contributed by atoms with Gasteiger partial charge < -0.3 is 9.32 Å². The molecule has 0 unspecified atom stereocenters. The van der Waals surface area contributed by atoms with Gasteiger partial charge >= 0.3 is 0 Å². The van der Waals surface area contributed by atoms with Crippen LogP contribution in [0.4, 0.5) is 17.1 Å². The first-order chi connectivity index (χ1) is 27.8. The van der Waals surface area contributed by atoms with E-state index in [2.05, 4.69) is 217 Å². The Morgan fingerprint density at radius 2 is 0.786 bits per heavy atom. The normalized spacial score (nSPS) is 11.6. The Hall–Kier alpha value is -7.42. The second kappa shape index (κ2) is 13.2. The van der Waals surface area contributed by atoms with Gasteiger partial charge in [-0.1, -0.05) is 170 Å². The van der Waals surface area contributed by atoms with Gasteiger partial charge in [0.05, 0.1) is 0 Å². The van der Waals surface area contributed by atoms with Crippen LogP contribution in [0.3, 0.4) is 0 Å². The zero-order valence-corrected chi connectivity index (χ0v) is 30.6. The van der Waals surface area contributed by atoms with Gasteiger partial charge in [-0.25, -0.2) is 0 Å². The van der Waals surface area contributed by atoms with Crippen LogP contribution >= 0.6 is 0 Å². The molecular weight excluding hydrogens is 679 g/mol. The second-order valence-electron chi connectivity index (χ2n) is 14.4. The third-order valence-electron chi connectivity index (χ3n) is 11.2. The molecule has 0 amide bonds. The summed E-state index contributed by atoms with van der Waals surface area (Å²) >= 11 is 0. The van der Waals surface area contributed by atoms with E-state index in [9.17, 15) is 0 Å². The van der Waals surface area contributed by atoms with Crippen LogP contribution in [0.5, 0.6) is 0 Å². The summed E-state index contributed by atoms with van der Waals surface area (Å²) < 4.78 is 7.10. The molecule has 262 valence electrons. The summed E-state index contributed by atoms with van der Waals surface area (Å²) in [6, 6.07) is 76.2. The van der Waals surface area contributed by atoms with Crippen molar-refractivity contribution in [2.75, 3.05) is 4.90 Å². The van der Waals surface area contributed by atoms with Crippen LogP contribution in [0.25, 0.3) is 87.6 Å². The Bertz CT molecular complexity index is 3210. The Labute approximate surface area is 325 Å². The molecule has 0 aliphatic carbocycles. The molecule has 0 bridgehead atoms. The van der Waals surface area contributed by atoms with Gasteiger partial charge in [0, 0.05) is 44.3 Å². The molecule has 0 radical (unpaired) electrons. The van der Waals surface area contributed by atoms with Crippen molar-refractivity contribution in [1.29, 1.82) is 0 Å². The van der Waals surface area contributed by atoms with E-state index in [1.54, 1.807) is 0 Å². The molecule has 2 heteroatoms. The summed E-state index contributed by atoms with van der Waals surface area (Å²) in [5, 5.41) is 9.44. The molecular formula is C54H35NO. The average molecular weight is 714 g/mol. The molecule has 56 heavy (non-hydrogen) atoms. The van der Waals surface area contributed by atoms with Crippen molar-refractivity contribution >= 4 is 71.3 Å². The van der Waals surface area contributed by atoms with E-state index in [-0.39, 0.29) is 0 Å². The van der Waals surface area contributed by atoms with Crippen molar-refractivity contribution < 1.29 is 4.42 Å². The molecule has 1 aromatic heterocycles. The minimum atomic E-state index is 0.908. The van der Waals surface area contributed by atoms with Crippen LogP contribution in [-0.4, -0.2) is 0 Å². The van der Waals surface area contributed by atoms with E-state index in [0.717, 1.165) is 55.5 Å². The predicted octanol–water partition coefficient (Wildman–Crippen LogP) is 15.5. The summed E-state index contributed by atoms with van der Waals surface area (Å²) in [6.45, 7) is 0. The largest absolute Gasteiger partial charge is 0.455 e. The van der Waals surface area contributed by atoms with E-state index in [0.29, 0.717) is 0 Å². The van der Waals surface area contributed by atoms with Gasteiger partial charge in [0.1, 0.15) is 11.2 Å². The standard InChI is InChI=1S/C54H35NO/c1-3-16-39(17-4-1)50-47-23-11-12-24-48(47)51(54-52(50)49-35-30-37-15-8-10-22-46(37)53(49)56-54)40-28-33-43(34-29-40)55(41-19-5-2-6-20-41)42-31-26-38(27-32-42)45-25-13-18-36-14-7-9-21-44(36)45/h1-35H. The van der Waals surface area contributed by atoms with Gasteiger partial charge in [-0.2, -0.15) is 0 Å². The second-order valence-corrected chi connectivity index (χ2v) is 14.4. The number of hydrogen-bond acceptors (Lipinski definition) is 2. The van der Waals surface area contributed by atoms with Crippen molar-refractivity contribution in [3.63, 3.8) is 0 Å². The maximum absolute atomic E-state index is 7.10.